The fourth-order valence-electron chi connectivity index (χ4n) is 2.34. The molecule has 0 radical (unpaired) electrons. The molecule has 1 aliphatic rings. The fraction of sp³-hybridized carbons (Fsp3) is 0.133. The first-order valence-electron chi connectivity index (χ1n) is 6.63. The number of carbonyl (C=O) groups excluding carboxylic acids is 1. The Balaban J connectivity index is 2.13. The second-order valence-electron chi connectivity index (χ2n) is 4.92. The molecule has 0 unspecified atom stereocenters. The minimum absolute atomic E-state index is 0.0547. The number of nitrogens with one attached hydrogen (secondary N) is 1. The molecule has 0 saturated carbocycles. The highest BCUT2D eigenvalue weighted by atomic mass is 32.3. The van der Waals surface area contributed by atoms with Crippen LogP contribution >= 0.6 is 11.1 Å². The van der Waals surface area contributed by atoms with E-state index in [1.54, 1.807) is 18.2 Å². The first-order chi connectivity index (χ1) is 10.9. The first-order valence-corrected chi connectivity index (χ1v) is 8.10. The number of esters is 1. The van der Waals surface area contributed by atoms with Gasteiger partial charge < -0.3 is 8.92 Å². The van der Waals surface area contributed by atoms with Gasteiger partial charge in [-0.25, -0.2) is 13.9 Å². The van der Waals surface area contributed by atoms with E-state index >= 15 is 0 Å². The maximum absolute atomic E-state index is 13.9. The van der Waals surface area contributed by atoms with E-state index in [-0.39, 0.29) is 12.3 Å². The standard InChI is InChI=1S/C15H14FNO5S/c1-21-15(18)10-4-2-3-9(5-10)13-7-12(16)6-11-8-17-23(19,20)22-14(11)13/h2-7,17,19-20H,8H2,1H3. The number of hydrogen-bond acceptors (Lipinski definition) is 6. The lowest BCUT2D eigenvalue weighted by Gasteiger charge is -2.34. The Labute approximate surface area is 133 Å². The summed E-state index contributed by atoms with van der Waals surface area (Å²) in [5.74, 6) is -0.845. The molecule has 0 saturated heterocycles. The maximum atomic E-state index is 13.9. The Morgan fingerprint density at radius 1 is 1.35 bits per heavy atom. The lowest BCUT2D eigenvalue weighted by molar-refractivity contribution is 0.0600. The normalized spacial score (nSPS) is 16.9. The first kappa shape index (κ1) is 15.8. The van der Waals surface area contributed by atoms with E-state index in [1.165, 1.54) is 25.3 Å². The van der Waals surface area contributed by atoms with Crippen molar-refractivity contribution in [2.24, 2.45) is 0 Å². The highest BCUT2D eigenvalue weighted by Crippen LogP contribution is 2.47. The molecule has 2 aromatic carbocycles. The van der Waals surface area contributed by atoms with Crippen LogP contribution in [0.5, 0.6) is 5.75 Å². The maximum Gasteiger partial charge on any atom is 0.337 e. The van der Waals surface area contributed by atoms with Gasteiger partial charge in [0.25, 0.3) is 0 Å². The zero-order valence-electron chi connectivity index (χ0n) is 12.1. The van der Waals surface area contributed by atoms with Crippen LogP contribution in [0.4, 0.5) is 4.39 Å². The second kappa shape index (κ2) is 5.82. The quantitative estimate of drug-likeness (QED) is 0.727. The average Bonchev–Trinajstić information content (AvgIpc) is 2.53. The van der Waals surface area contributed by atoms with Crippen molar-refractivity contribution >= 4 is 17.0 Å². The topological polar surface area (TPSA) is 88.0 Å². The minimum atomic E-state index is -3.43. The van der Waals surface area contributed by atoms with Crippen LogP contribution in [0, 0.1) is 5.82 Å². The van der Waals surface area contributed by atoms with Gasteiger partial charge >= 0.3 is 5.97 Å². The van der Waals surface area contributed by atoms with E-state index in [2.05, 4.69) is 9.46 Å². The van der Waals surface area contributed by atoms with Crippen molar-refractivity contribution < 1.29 is 27.2 Å². The molecule has 0 bridgehead atoms. The van der Waals surface area contributed by atoms with Gasteiger partial charge in [0.1, 0.15) is 5.82 Å². The van der Waals surface area contributed by atoms with Crippen molar-refractivity contribution in [1.82, 2.24) is 4.72 Å². The number of carbonyl (C=O) groups is 1. The zero-order chi connectivity index (χ0) is 16.6. The van der Waals surface area contributed by atoms with Crippen LogP contribution in [0.25, 0.3) is 11.1 Å². The van der Waals surface area contributed by atoms with Crippen molar-refractivity contribution in [2.45, 2.75) is 6.54 Å². The van der Waals surface area contributed by atoms with Gasteiger partial charge in [-0.3, -0.25) is 9.11 Å². The van der Waals surface area contributed by atoms with Gasteiger partial charge in [-0.05, 0) is 29.8 Å². The number of fused-ring (bicyclic) bond motifs is 1. The van der Waals surface area contributed by atoms with Gasteiger partial charge in [0.15, 0.2) is 5.75 Å². The van der Waals surface area contributed by atoms with E-state index in [4.69, 9.17) is 4.18 Å². The molecule has 3 rings (SSSR count). The smallest absolute Gasteiger partial charge is 0.337 e. The van der Waals surface area contributed by atoms with Crippen LogP contribution in [-0.4, -0.2) is 22.2 Å². The summed E-state index contributed by atoms with van der Waals surface area (Å²) >= 11 is -3.43. The van der Waals surface area contributed by atoms with Gasteiger partial charge in [0, 0.05) is 17.7 Å². The summed E-state index contributed by atoms with van der Waals surface area (Å²) in [6.45, 7) is 0.0547. The molecule has 0 amide bonds. The van der Waals surface area contributed by atoms with E-state index in [0.29, 0.717) is 22.3 Å². The molecule has 6 nitrogen and oxygen atoms in total. The number of rotatable bonds is 2. The van der Waals surface area contributed by atoms with Gasteiger partial charge in [0.05, 0.1) is 12.7 Å². The summed E-state index contributed by atoms with van der Waals surface area (Å²) < 4.78 is 45.5. The molecular formula is C15H14FNO5S. The Hall–Kier alpha value is -2.13. The zero-order valence-corrected chi connectivity index (χ0v) is 12.9. The Kier molecular flexibility index (Phi) is 3.99. The molecule has 122 valence electrons. The number of ether oxygens (including phenoxy) is 1. The van der Waals surface area contributed by atoms with Crippen molar-refractivity contribution in [3.8, 4) is 16.9 Å². The molecule has 0 aliphatic carbocycles. The second-order valence-corrected chi connectivity index (χ2v) is 6.36. The highest BCUT2D eigenvalue weighted by molar-refractivity contribution is 8.18. The lowest BCUT2D eigenvalue weighted by atomic mass is 9.99. The number of methoxy groups -OCH3 is 1. The molecule has 0 spiro atoms. The SMILES string of the molecule is COC(=O)c1cccc(-c2cc(F)cc3c2OS(O)(O)NC3)c1. The molecule has 8 heteroatoms. The predicted molar refractivity (Wildman–Crippen MR) is 83.5 cm³/mol. The van der Waals surface area contributed by atoms with E-state index in [9.17, 15) is 18.3 Å². The summed E-state index contributed by atoms with van der Waals surface area (Å²) in [7, 11) is 1.27. The van der Waals surface area contributed by atoms with Crippen molar-refractivity contribution in [2.75, 3.05) is 7.11 Å². The van der Waals surface area contributed by atoms with E-state index in [1.807, 2.05) is 0 Å². The van der Waals surface area contributed by atoms with Gasteiger partial charge in [-0.1, -0.05) is 12.1 Å². The van der Waals surface area contributed by atoms with E-state index < -0.39 is 22.8 Å². The predicted octanol–water partition coefficient (Wildman–Crippen LogP) is 3.34. The van der Waals surface area contributed by atoms with Crippen LogP contribution in [0.3, 0.4) is 0 Å². The summed E-state index contributed by atoms with van der Waals surface area (Å²) in [6.07, 6.45) is 0. The number of halogens is 1. The molecule has 0 aromatic heterocycles. The molecule has 23 heavy (non-hydrogen) atoms. The summed E-state index contributed by atoms with van der Waals surface area (Å²) in [5.41, 5.74) is 1.58. The number of hydrogen-bond donors (Lipinski definition) is 3. The monoisotopic (exact) mass is 339 g/mol. The van der Waals surface area contributed by atoms with Crippen LogP contribution in [0.15, 0.2) is 36.4 Å². The largest absolute Gasteiger partial charge is 0.465 e. The van der Waals surface area contributed by atoms with Gasteiger partial charge in [-0.2, -0.15) is 0 Å². The Morgan fingerprint density at radius 3 is 2.87 bits per heavy atom. The summed E-state index contributed by atoms with van der Waals surface area (Å²) in [4.78, 5) is 11.6. The third-order valence-electron chi connectivity index (χ3n) is 3.38. The van der Waals surface area contributed by atoms with Crippen LogP contribution in [-0.2, 0) is 11.3 Å². The lowest BCUT2D eigenvalue weighted by Crippen LogP contribution is -2.29. The van der Waals surface area contributed by atoms with Crippen molar-refractivity contribution in [3.63, 3.8) is 0 Å². The van der Waals surface area contributed by atoms with Crippen LogP contribution in [0.2, 0.25) is 0 Å². The highest BCUT2D eigenvalue weighted by Gasteiger charge is 2.29. The summed E-state index contributed by atoms with van der Waals surface area (Å²) in [5, 5.41) is 0. The molecule has 1 aliphatic heterocycles. The number of benzene rings is 2. The Morgan fingerprint density at radius 2 is 2.13 bits per heavy atom. The van der Waals surface area contributed by atoms with E-state index in [0.717, 1.165) is 0 Å². The summed E-state index contributed by atoms with van der Waals surface area (Å²) in [6, 6.07) is 8.85. The van der Waals surface area contributed by atoms with Crippen LogP contribution < -0.4 is 8.91 Å². The van der Waals surface area contributed by atoms with Gasteiger partial charge in [-0.15, -0.1) is 0 Å². The molecule has 0 atom stereocenters. The third-order valence-corrected chi connectivity index (χ3v) is 4.29. The molecule has 0 fully saturated rings. The molecule has 3 N–H and O–H groups in total. The van der Waals surface area contributed by atoms with Gasteiger partial charge in [0.2, 0.25) is 11.1 Å². The molecule has 1 heterocycles. The Bertz CT molecular complexity index is 780. The third kappa shape index (κ3) is 3.15. The average molecular weight is 339 g/mol. The van der Waals surface area contributed by atoms with Crippen molar-refractivity contribution in [1.29, 1.82) is 0 Å². The molecule has 2 aromatic rings. The molecular weight excluding hydrogens is 325 g/mol. The van der Waals surface area contributed by atoms with Crippen LogP contribution in [0.1, 0.15) is 15.9 Å². The van der Waals surface area contributed by atoms with Crippen molar-refractivity contribution in [3.05, 3.63) is 53.3 Å². The minimum Gasteiger partial charge on any atom is -0.465 e. The fourth-order valence-corrected chi connectivity index (χ4v) is 3.17.